The second-order valence-corrected chi connectivity index (χ2v) is 7.67. The number of oxime groups is 1. The minimum absolute atomic E-state index is 0.273. The first-order valence-electron chi connectivity index (χ1n) is 9.09. The van der Waals surface area contributed by atoms with Crippen molar-refractivity contribution < 1.29 is 24.2 Å². The molecule has 3 rings (SSSR count). The molecule has 1 aromatic carbocycles. The van der Waals surface area contributed by atoms with Crippen LogP contribution in [0.4, 0.5) is 0 Å². The van der Waals surface area contributed by atoms with Crippen LogP contribution < -0.4 is 4.74 Å². The Hall–Kier alpha value is -1.60. The van der Waals surface area contributed by atoms with Crippen LogP contribution in [0, 0.1) is 5.92 Å². The number of carboxylic acid groups (broad SMARTS) is 1. The molecule has 1 aliphatic heterocycles. The summed E-state index contributed by atoms with van der Waals surface area (Å²) in [7, 11) is 0. The van der Waals surface area contributed by atoms with E-state index in [9.17, 15) is 9.90 Å². The number of benzene rings is 1. The molecule has 1 fully saturated rings. The number of halogens is 1. The van der Waals surface area contributed by atoms with Crippen molar-refractivity contribution in [1.29, 1.82) is 0 Å². The Labute approximate surface area is 161 Å². The van der Waals surface area contributed by atoms with Crippen LogP contribution in [0.1, 0.15) is 44.6 Å². The van der Waals surface area contributed by atoms with Gasteiger partial charge in [0.25, 0.3) is 0 Å². The highest BCUT2D eigenvalue weighted by Gasteiger charge is 2.33. The third kappa shape index (κ3) is 4.98. The second kappa shape index (κ2) is 8.86. The van der Waals surface area contributed by atoms with E-state index in [0.717, 1.165) is 30.2 Å². The van der Waals surface area contributed by atoms with Crippen LogP contribution in [0.25, 0.3) is 0 Å². The Morgan fingerprint density at radius 2 is 2.27 bits per heavy atom. The lowest BCUT2D eigenvalue weighted by molar-refractivity contribution is -0.145. The molecule has 1 N–H and O–H groups in total. The Morgan fingerprint density at radius 3 is 2.96 bits per heavy atom. The van der Waals surface area contributed by atoms with Gasteiger partial charge in [-0.15, -0.1) is 0 Å². The van der Waals surface area contributed by atoms with Gasteiger partial charge in [-0.1, -0.05) is 47.3 Å². The molecule has 142 valence electrons. The zero-order valence-corrected chi connectivity index (χ0v) is 16.4. The minimum Gasteiger partial charge on any atom is -0.479 e. The first kappa shape index (κ1) is 19.2. The molecule has 0 bridgehead atoms. The van der Waals surface area contributed by atoms with E-state index < -0.39 is 12.1 Å². The Balaban J connectivity index is 1.79. The van der Waals surface area contributed by atoms with Crippen molar-refractivity contribution in [2.45, 2.75) is 51.2 Å². The standard InChI is InChI=1S/C19H24BrNO5/c1-2-3-8-24-17-11-25-21-18(17)14-10-13(20)6-7-15(14)26-16(19(22)23)9-12-4-5-12/h6-7,10,12,16-17H,2-5,8-9,11H2,1H3,(H,22,23). The molecule has 0 radical (unpaired) electrons. The fourth-order valence-electron chi connectivity index (χ4n) is 2.85. The van der Waals surface area contributed by atoms with Gasteiger partial charge in [-0.05, 0) is 37.0 Å². The third-order valence-corrected chi connectivity index (χ3v) is 5.01. The highest BCUT2D eigenvalue weighted by Crippen LogP contribution is 2.35. The van der Waals surface area contributed by atoms with Crippen molar-refractivity contribution in [3.8, 4) is 5.75 Å². The van der Waals surface area contributed by atoms with Gasteiger partial charge in [0, 0.05) is 16.6 Å². The van der Waals surface area contributed by atoms with Crippen LogP contribution >= 0.6 is 15.9 Å². The number of hydrogen-bond acceptors (Lipinski definition) is 5. The van der Waals surface area contributed by atoms with Gasteiger partial charge in [-0.25, -0.2) is 4.79 Å². The normalized spacial score (nSPS) is 20.4. The number of carbonyl (C=O) groups is 1. The summed E-state index contributed by atoms with van der Waals surface area (Å²) in [5, 5.41) is 13.6. The summed E-state index contributed by atoms with van der Waals surface area (Å²) >= 11 is 3.46. The lowest BCUT2D eigenvalue weighted by atomic mass is 10.0. The van der Waals surface area contributed by atoms with Gasteiger partial charge < -0.3 is 19.4 Å². The lowest BCUT2D eigenvalue weighted by Crippen LogP contribution is -2.30. The maximum atomic E-state index is 11.6. The number of aliphatic carboxylic acids is 1. The minimum atomic E-state index is -0.939. The molecule has 2 unspecified atom stereocenters. The number of hydrogen-bond donors (Lipinski definition) is 1. The van der Waals surface area contributed by atoms with Crippen LogP contribution in [0.5, 0.6) is 5.75 Å². The zero-order valence-electron chi connectivity index (χ0n) is 14.8. The van der Waals surface area contributed by atoms with Crippen molar-refractivity contribution >= 4 is 27.6 Å². The molecule has 1 heterocycles. The van der Waals surface area contributed by atoms with E-state index in [-0.39, 0.29) is 6.10 Å². The molecule has 1 aliphatic carbocycles. The molecule has 6 nitrogen and oxygen atoms in total. The van der Waals surface area contributed by atoms with Crippen LogP contribution in [0.3, 0.4) is 0 Å². The van der Waals surface area contributed by atoms with Crippen molar-refractivity contribution in [1.82, 2.24) is 0 Å². The summed E-state index contributed by atoms with van der Waals surface area (Å²) in [6.45, 7) is 3.10. The van der Waals surface area contributed by atoms with Gasteiger partial charge in [0.2, 0.25) is 0 Å². The number of carboxylic acids is 1. The fraction of sp³-hybridized carbons (Fsp3) is 0.579. The summed E-state index contributed by atoms with van der Waals surface area (Å²) in [6, 6.07) is 5.47. The zero-order chi connectivity index (χ0) is 18.5. The van der Waals surface area contributed by atoms with E-state index in [1.807, 2.05) is 12.1 Å². The molecular formula is C19H24BrNO5. The van der Waals surface area contributed by atoms with Crippen molar-refractivity contribution in [3.05, 3.63) is 28.2 Å². The van der Waals surface area contributed by atoms with Gasteiger partial charge in [-0.3, -0.25) is 0 Å². The average Bonchev–Trinajstić information content (AvgIpc) is 3.31. The van der Waals surface area contributed by atoms with Crippen LogP contribution in [0.2, 0.25) is 0 Å². The smallest absolute Gasteiger partial charge is 0.344 e. The predicted octanol–water partition coefficient (Wildman–Crippen LogP) is 4.00. The number of ether oxygens (including phenoxy) is 2. The van der Waals surface area contributed by atoms with E-state index in [4.69, 9.17) is 14.3 Å². The highest BCUT2D eigenvalue weighted by molar-refractivity contribution is 9.10. The van der Waals surface area contributed by atoms with Gasteiger partial charge in [-0.2, -0.15) is 0 Å². The Morgan fingerprint density at radius 1 is 1.46 bits per heavy atom. The number of unbranched alkanes of at least 4 members (excludes halogenated alkanes) is 1. The Bertz CT molecular complexity index is 674. The molecule has 7 heteroatoms. The quantitative estimate of drug-likeness (QED) is 0.573. The van der Waals surface area contributed by atoms with Gasteiger partial charge in [0.1, 0.15) is 24.2 Å². The van der Waals surface area contributed by atoms with Crippen LogP contribution in [-0.2, 0) is 14.4 Å². The lowest BCUT2D eigenvalue weighted by Gasteiger charge is -2.19. The van der Waals surface area contributed by atoms with Crippen molar-refractivity contribution in [2.75, 3.05) is 13.2 Å². The SMILES string of the molecule is CCCCOC1CON=C1c1cc(Br)ccc1OC(CC1CC1)C(=O)O. The summed E-state index contributed by atoms with van der Waals surface area (Å²) in [5.74, 6) is 0.00740. The van der Waals surface area contributed by atoms with Crippen molar-refractivity contribution in [2.24, 2.45) is 11.1 Å². The van der Waals surface area contributed by atoms with Crippen molar-refractivity contribution in [3.63, 3.8) is 0 Å². The van der Waals surface area contributed by atoms with Crippen LogP contribution in [-0.4, -0.2) is 42.2 Å². The summed E-state index contributed by atoms with van der Waals surface area (Å²) in [4.78, 5) is 16.8. The summed E-state index contributed by atoms with van der Waals surface area (Å²) in [5.41, 5.74) is 1.35. The van der Waals surface area contributed by atoms with E-state index >= 15 is 0 Å². The van der Waals surface area contributed by atoms with E-state index in [1.165, 1.54) is 0 Å². The fourth-order valence-corrected chi connectivity index (χ4v) is 3.21. The molecule has 0 aromatic heterocycles. The maximum Gasteiger partial charge on any atom is 0.344 e. The number of rotatable bonds is 10. The van der Waals surface area contributed by atoms with Gasteiger partial charge in [0.15, 0.2) is 6.10 Å². The maximum absolute atomic E-state index is 11.6. The van der Waals surface area contributed by atoms with Gasteiger partial charge >= 0.3 is 5.97 Å². The summed E-state index contributed by atoms with van der Waals surface area (Å²) < 4.78 is 12.6. The molecule has 2 aliphatic rings. The van der Waals surface area contributed by atoms with Crippen LogP contribution in [0.15, 0.2) is 27.8 Å². The van der Waals surface area contributed by atoms with E-state index in [1.54, 1.807) is 6.07 Å². The second-order valence-electron chi connectivity index (χ2n) is 6.75. The molecule has 2 atom stereocenters. The van der Waals surface area contributed by atoms with Gasteiger partial charge in [0.05, 0.1) is 0 Å². The molecule has 26 heavy (non-hydrogen) atoms. The Kier molecular flexibility index (Phi) is 6.53. The third-order valence-electron chi connectivity index (χ3n) is 4.52. The molecule has 0 saturated heterocycles. The monoisotopic (exact) mass is 425 g/mol. The average molecular weight is 426 g/mol. The highest BCUT2D eigenvalue weighted by atomic mass is 79.9. The molecular weight excluding hydrogens is 402 g/mol. The first-order valence-corrected chi connectivity index (χ1v) is 9.88. The predicted molar refractivity (Wildman–Crippen MR) is 101 cm³/mol. The molecule has 0 amide bonds. The molecule has 1 aromatic rings. The molecule has 1 saturated carbocycles. The van der Waals surface area contributed by atoms with E-state index in [0.29, 0.717) is 42.6 Å². The molecule has 0 spiro atoms. The first-order chi connectivity index (χ1) is 12.6. The number of nitrogens with zero attached hydrogens (tertiary/aromatic N) is 1. The summed E-state index contributed by atoms with van der Waals surface area (Å²) in [6.07, 6.45) is 3.57. The van der Waals surface area contributed by atoms with E-state index in [2.05, 4.69) is 28.0 Å². The largest absolute Gasteiger partial charge is 0.479 e. The topological polar surface area (TPSA) is 77.3 Å².